The number of halogens is 1. The van der Waals surface area contributed by atoms with E-state index >= 15 is 0 Å². The molecule has 1 aromatic rings. The van der Waals surface area contributed by atoms with Crippen LogP contribution in [0.25, 0.3) is 0 Å². The second-order valence-electron chi connectivity index (χ2n) is 2.76. The van der Waals surface area contributed by atoms with Gasteiger partial charge < -0.3 is 10.5 Å². The van der Waals surface area contributed by atoms with Gasteiger partial charge in [-0.05, 0) is 12.1 Å². The summed E-state index contributed by atoms with van der Waals surface area (Å²) in [6, 6.07) is 1.66. The van der Waals surface area contributed by atoms with Crippen molar-refractivity contribution >= 4 is 33.4 Å². The summed E-state index contributed by atoms with van der Waals surface area (Å²) in [4.78, 5) is 10.1. The molecule has 1 aromatic carbocycles. The number of hydrogen-bond donors (Lipinski definition) is 4. The molecule has 0 atom stereocenters. The summed E-state index contributed by atoms with van der Waals surface area (Å²) in [5.41, 5.74) is 1.43. The van der Waals surface area contributed by atoms with Gasteiger partial charge in [-0.1, -0.05) is 11.6 Å². The first-order valence-corrected chi connectivity index (χ1v) is 5.60. The average molecular weight is 267 g/mol. The van der Waals surface area contributed by atoms with E-state index in [-0.39, 0.29) is 10.7 Å². The Labute approximate surface area is 95.5 Å². The number of anilines is 1. The normalized spacial score (nSPS) is 11.2. The Morgan fingerprint density at radius 2 is 2.00 bits per heavy atom. The molecule has 0 saturated carbocycles. The van der Waals surface area contributed by atoms with Crippen molar-refractivity contribution in [2.45, 2.75) is 4.90 Å². The van der Waals surface area contributed by atoms with Crippen LogP contribution in [0.3, 0.4) is 0 Å². The van der Waals surface area contributed by atoms with Crippen LogP contribution in [-0.4, -0.2) is 24.0 Å². The molecular weight excluding hydrogens is 260 g/mol. The van der Waals surface area contributed by atoms with E-state index in [2.05, 4.69) is 0 Å². The van der Waals surface area contributed by atoms with E-state index in [0.29, 0.717) is 0 Å². The highest BCUT2D eigenvalue weighted by molar-refractivity contribution is 7.85. The van der Waals surface area contributed by atoms with E-state index in [4.69, 9.17) is 27.1 Å². The van der Waals surface area contributed by atoms with Crippen molar-refractivity contribution in [2.75, 3.05) is 5.43 Å². The number of aromatic carboxylic acids is 1. The lowest BCUT2D eigenvalue weighted by Crippen LogP contribution is -2.11. The number of rotatable bonds is 3. The first kappa shape index (κ1) is 12.7. The van der Waals surface area contributed by atoms with Gasteiger partial charge in [-0.3, -0.25) is 10.4 Å². The number of benzene rings is 1. The van der Waals surface area contributed by atoms with Gasteiger partial charge in [0, 0.05) is 0 Å². The fraction of sp³-hybridized carbons (Fsp3) is 0. The van der Waals surface area contributed by atoms with Gasteiger partial charge in [-0.2, -0.15) is 8.42 Å². The summed E-state index contributed by atoms with van der Waals surface area (Å²) in [5, 5.41) is 8.50. The van der Waals surface area contributed by atoms with E-state index < -0.39 is 26.5 Å². The van der Waals surface area contributed by atoms with Crippen LogP contribution in [0.1, 0.15) is 10.4 Å². The first-order valence-electron chi connectivity index (χ1n) is 3.78. The molecule has 5 N–H and O–H groups in total. The molecule has 0 heterocycles. The summed E-state index contributed by atoms with van der Waals surface area (Å²) >= 11 is 5.63. The minimum Gasteiger partial charge on any atom is -0.478 e. The van der Waals surface area contributed by atoms with Gasteiger partial charge in [0.15, 0.2) is 0 Å². The Kier molecular flexibility index (Phi) is 3.38. The summed E-state index contributed by atoms with van der Waals surface area (Å²) in [7, 11) is -4.53. The summed E-state index contributed by atoms with van der Waals surface area (Å²) in [5.74, 6) is 3.59. The van der Waals surface area contributed by atoms with Crippen molar-refractivity contribution < 1.29 is 22.9 Å². The third-order valence-corrected chi connectivity index (χ3v) is 2.97. The molecule has 1 rings (SSSR count). The minimum absolute atomic E-state index is 0.116. The molecule has 16 heavy (non-hydrogen) atoms. The van der Waals surface area contributed by atoms with Crippen LogP contribution in [0.2, 0.25) is 5.02 Å². The number of hydrogen-bond acceptors (Lipinski definition) is 5. The largest absolute Gasteiger partial charge is 0.478 e. The Balaban J connectivity index is 3.59. The second kappa shape index (κ2) is 4.26. The van der Waals surface area contributed by atoms with Crippen molar-refractivity contribution in [1.29, 1.82) is 0 Å². The molecular formula is C7H7ClN2O5S. The number of nitrogens with one attached hydrogen (secondary N) is 1. The van der Waals surface area contributed by atoms with Gasteiger partial charge in [0.2, 0.25) is 0 Å². The average Bonchev–Trinajstić information content (AvgIpc) is 2.15. The highest BCUT2D eigenvalue weighted by Gasteiger charge is 2.19. The van der Waals surface area contributed by atoms with E-state index in [9.17, 15) is 13.2 Å². The maximum atomic E-state index is 10.8. The molecule has 0 bridgehead atoms. The van der Waals surface area contributed by atoms with Crippen LogP contribution in [0.15, 0.2) is 17.0 Å². The fourth-order valence-electron chi connectivity index (χ4n) is 1.01. The fourth-order valence-corrected chi connectivity index (χ4v) is 1.79. The number of carboxylic acid groups (broad SMARTS) is 1. The van der Waals surface area contributed by atoms with Crippen molar-refractivity contribution in [1.82, 2.24) is 0 Å². The Bertz CT molecular complexity index is 542. The van der Waals surface area contributed by atoms with E-state index in [0.717, 1.165) is 12.1 Å². The quantitative estimate of drug-likeness (QED) is 0.357. The van der Waals surface area contributed by atoms with Crippen LogP contribution in [0.5, 0.6) is 0 Å². The third kappa shape index (κ3) is 2.42. The van der Waals surface area contributed by atoms with Crippen molar-refractivity contribution in [2.24, 2.45) is 5.84 Å². The van der Waals surface area contributed by atoms with Gasteiger partial charge in [-0.15, -0.1) is 0 Å². The SMILES string of the molecule is NNc1cc(S(=O)(=O)O)cc(C(=O)O)c1Cl. The van der Waals surface area contributed by atoms with Gasteiger partial charge >= 0.3 is 5.97 Å². The second-order valence-corrected chi connectivity index (χ2v) is 4.56. The third-order valence-electron chi connectivity index (χ3n) is 1.73. The molecule has 0 aliphatic carbocycles. The zero-order valence-electron chi connectivity index (χ0n) is 7.64. The lowest BCUT2D eigenvalue weighted by molar-refractivity contribution is 0.0697. The number of nitrogens with two attached hydrogens (primary N) is 1. The zero-order chi connectivity index (χ0) is 12.5. The first-order chi connectivity index (χ1) is 7.27. The van der Waals surface area contributed by atoms with Crippen molar-refractivity contribution in [3.05, 3.63) is 22.7 Å². The lowest BCUT2D eigenvalue weighted by Gasteiger charge is -2.08. The number of carbonyl (C=O) groups is 1. The van der Waals surface area contributed by atoms with Gasteiger partial charge in [0.25, 0.3) is 10.1 Å². The predicted octanol–water partition coefficient (Wildman–Crippen LogP) is 0.571. The highest BCUT2D eigenvalue weighted by atomic mass is 35.5. The Morgan fingerprint density at radius 3 is 2.38 bits per heavy atom. The minimum atomic E-state index is -4.53. The summed E-state index contributed by atoms with van der Waals surface area (Å²) < 4.78 is 30.4. The zero-order valence-corrected chi connectivity index (χ0v) is 9.21. The molecule has 0 fully saturated rings. The van der Waals surface area contributed by atoms with E-state index in [1.165, 1.54) is 0 Å². The number of carboxylic acids is 1. The topological polar surface area (TPSA) is 130 Å². The molecule has 0 unspecified atom stereocenters. The molecule has 0 aliphatic heterocycles. The Hall–Kier alpha value is -1.35. The van der Waals surface area contributed by atoms with Crippen LogP contribution in [0, 0.1) is 0 Å². The standard InChI is InChI=1S/C7H7ClN2O5S/c8-6-4(7(11)12)1-3(16(13,14)15)2-5(6)10-9/h1-2,10H,9H2,(H,11,12)(H,13,14,15). The van der Waals surface area contributed by atoms with Crippen LogP contribution in [0.4, 0.5) is 5.69 Å². The molecule has 0 amide bonds. The number of nitrogen functional groups attached to an aromatic ring is 1. The molecule has 0 aliphatic rings. The maximum absolute atomic E-state index is 10.8. The molecule has 0 spiro atoms. The van der Waals surface area contributed by atoms with Crippen LogP contribution >= 0.6 is 11.6 Å². The molecule has 9 heteroatoms. The maximum Gasteiger partial charge on any atom is 0.337 e. The van der Waals surface area contributed by atoms with Gasteiger partial charge in [0.1, 0.15) is 0 Å². The summed E-state index contributed by atoms with van der Waals surface area (Å²) in [6.45, 7) is 0. The number of hydrazine groups is 1. The van der Waals surface area contributed by atoms with Crippen LogP contribution in [-0.2, 0) is 10.1 Å². The Morgan fingerprint density at radius 1 is 1.44 bits per heavy atom. The predicted molar refractivity (Wildman–Crippen MR) is 56.0 cm³/mol. The smallest absolute Gasteiger partial charge is 0.337 e. The molecule has 0 saturated heterocycles. The van der Waals surface area contributed by atoms with Crippen molar-refractivity contribution in [3.63, 3.8) is 0 Å². The molecule has 0 aromatic heterocycles. The highest BCUT2D eigenvalue weighted by Crippen LogP contribution is 2.29. The molecule has 88 valence electrons. The van der Waals surface area contributed by atoms with Crippen LogP contribution < -0.4 is 11.3 Å². The molecule has 0 radical (unpaired) electrons. The monoisotopic (exact) mass is 266 g/mol. The molecule has 7 nitrogen and oxygen atoms in total. The van der Waals surface area contributed by atoms with E-state index in [1.54, 1.807) is 0 Å². The van der Waals surface area contributed by atoms with Gasteiger partial charge in [0.05, 0.1) is 21.2 Å². The van der Waals surface area contributed by atoms with Crippen molar-refractivity contribution in [3.8, 4) is 0 Å². The van der Waals surface area contributed by atoms with E-state index in [1.807, 2.05) is 5.43 Å². The van der Waals surface area contributed by atoms with Gasteiger partial charge in [-0.25, -0.2) is 4.79 Å². The lowest BCUT2D eigenvalue weighted by atomic mass is 10.2. The summed E-state index contributed by atoms with van der Waals surface area (Å²) in [6.07, 6.45) is 0.